The van der Waals surface area contributed by atoms with Crippen LogP contribution in [0.25, 0.3) is 11.2 Å². The molecular formula is C26H25N5O5. The molecular weight excluding hydrogens is 462 g/mol. The van der Waals surface area contributed by atoms with Crippen LogP contribution in [0.3, 0.4) is 0 Å². The van der Waals surface area contributed by atoms with E-state index in [2.05, 4.69) is 38.9 Å². The van der Waals surface area contributed by atoms with E-state index in [1.807, 2.05) is 42.5 Å². The fourth-order valence-corrected chi connectivity index (χ4v) is 4.13. The molecule has 0 radical (unpaired) electrons. The lowest BCUT2D eigenvalue weighted by Gasteiger charge is -2.16. The van der Waals surface area contributed by atoms with E-state index < -0.39 is 31.1 Å². The average Bonchev–Trinajstić information content (AvgIpc) is 3.44. The standard InChI is InChI=1S/C26H25N5O5/c27-24-21-25(31(15-28-21)26-23(34)22(33)19(14-32)36-26)30-20(29-24)11-6-12-35-18-10-5-4-9-17(18)13-16-7-2-1-3-8-16/h1-5,7-10,15,19,22-23,26,32-34H,12-14H2,(H2,27,29,30). The van der Waals surface area contributed by atoms with Gasteiger partial charge in [0.15, 0.2) is 17.7 Å². The van der Waals surface area contributed by atoms with E-state index in [4.69, 9.17) is 15.2 Å². The van der Waals surface area contributed by atoms with Crippen molar-refractivity contribution < 1.29 is 24.8 Å². The van der Waals surface area contributed by atoms with Crippen LogP contribution in [0.1, 0.15) is 23.2 Å². The fraction of sp³-hybridized carbons (Fsp3) is 0.269. The number of nitrogens with two attached hydrogens (primary N) is 1. The van der Waals surface area contributed by atoms with Gasteiger partial charge in [0.1, 0.15) is 36.2 Å². The van der Waals surface area contributed by atoms with Crippen LogP contribution >= 0.6 is 0 Å². The van der Waals surface area contributed by atoms with Crippen molar-refractivity contribution in [1.29, 1.82) is 0 Å². The second-order valence-electron chi connectivity index (χ2n) is 8.35. The number of hydrogen-bond acceptors (Lipinski definition) is 9. The van der Waals surface area contributed by atoms with Crippen LogP contribution in [-0.2, 0) is 11.2 Å². The zero-order valence-electron chi connectivity index (χ0n) is 19.2. The van der Waals surface area contributed by atoms with Crippen LogP contribution in [0.4, 0.5) is 5.82 Å². The van der Waals surface area contributed by atoms with Crippen molar-refractivity contribution in [3.63, 3.8) is 0 Å². The third-order valence-corrected chi connectivity index (χ3v) is 5.95. The topological polar surface area (TPSA) is 149 Å². The Labute approximate surface area is 207 Å². The number of aromatic nitrogens is 4. The molecule has 36 heavy (non-hydrogen) atoms. The van der Waals surface area contributed by atoms with Gasteiger partial charge in [-0.25, -0.2) is 15.0 Å². The Morgan fingerprint density at radius 1 is 1.03 bits per heavy atom. The Hall–Kier alpha value is -4.01. The molecule has 0 spiro atoms. The molecule has 0 amide bonds. The highest BCUT2D eigenvalue weighted by atomic mass is 16.6. The van der Waals surface area contributed by atoms with Gasteiger partial charge in [0.2, 0.25) is 5.82 Å². The number of aliphatic hydroxyl groups is 3. The number of imidazole rings is 1. The van der Waals surface area contributed by atoms with Crippen molar-refractivity contribution in [3.05, 3.63) is 77.9 Å². The predicted molar refractivity (Wildman–Crippen MR) is 131 cm³/mol. The first-order valence-electron chi connectivity index (χ1n) is 11.4. The summed E-state index contributed by atoms with van der Waals surface area (Å²) in [4.78, 5) is 12.8. The number of rotatable bonds is 6. The molecule has 0 aliphatic carbocycles. The molecule has 1 saturated heterocycles. The summed E-state index contributed by atoms with van der Waals surface area (Å²) in [6.07, 6.45) is -2.33. The molecule has 4 unspecified atom stereocenters. The number of ether oxygens (including phenoxy) is 2. The number of nitrogen functional groups attached to an aromatic ring is 1. The van der Waals surface area contributed by atoms with E-state index in [9.17, 15) is 15.3 Å². The third-order valence-electron chi connectivity index (χ3n) is 5.95. The molecule has 184 valence electrons. The van der Waals surface area contributed by atoms with E-state index in [1.54, 1.807) is 0 Å². The molecule has 1 fully saturated rings. The van der Waals surface area contributed by atoms with Crippen LogP contribution in [-0.4, -0.2) is 66.4 Å². The minimum Gasteiger partial charge on any atom is -0.481 e. The molecule has 0 bridgehead atoms. The van der Waals surface area contributed by atoms with Crippen molar-refractivity contribution in [2.75, 3.05) is 18.9 Å². The molecule has 5 rings (SSSR count). The monoisotopic (exact) mass is 487 g/mol. The van der Waals surface area contributed by atoms with Crippen LogP contribution in [0, 0.1) is 11.8 Å². The lowest BCUT2D eigenvalue weighted by Crippen LogP contribution is -2.33. The van der Waals surface area contributed by atoms with Gasteiger partial charge in [0, 0.05) is 6.42 Å². The number of fused-ring (bicyclic) bond motifs is 1. The molecule has 10 nitrogen and oxygen atoms in total. The number of hydrogen-bond donors (Lipinski definition) is 4. The largest absolute Gasteiger partial charge is 0.481 e. The maximum atomic E-state index is 10.4. The summed E-state index contributed by atoms with van der Waals surface area (Å²) in [6, 6.07) is 17.9. The molecule has 5 N–H and O–H groups in total. The van der Waals surface area contributed by atoms with Crippen LogP contribution in [0.2, 0.25) is 0 Å². The fourth-order valence-electron chi connectivity index (χ4n) is 4.13. The third kappa shape index (κ3) is 4.73. The van der Waals surface area contributed by atoms with E-state index in [1.165, 1.54) is 16.5 Å². The second kappa shape index (κ2) is 10.3. The molecule has 3 heterocycles. The molecule has 4 aromatic rings. The Morgan fingerprint density at radius 3 is 2.58 bits per heavy atom. The summed E-state index contributed by atoms with van der Waals surface area (Å²) >= 11 is 0. The minimum atomic E-state index is -1.28. The maximum Gasteiger partial charge on any atom is 0.209 e. The van der Waals surface area contributed by atoms with Crippen molar-refractivity contribution in [2.45, 2.75) is 31.0 Å². The van der Waals surface area contributed by atoms with Gasteiger partial charge in [-0.05, 0) is 23.1 Å². The minimum absolute atomic E-state index is 0.112. The van der Waals surface area contributed by atoms with E-state index >= 15 is 0 Å². The highest BCUT2D eigenvalue weighted by Gasteiger charge is 2.44. The summed E-state index contributed by atoms with van der Waals surface area (Å²) in [5, 5.41) is 29.8. The molecule has 2 aromatic carbocycles. The van der Waals surface area contributed by atoms with Crippen LogP contribution < -0.4 is 10.5 Å². The predicted octanol–water partition coefficient (Wildman–Crippen LogP) is 1.04. The molecule has 1 aliphatic heterocycles. The van der Waals surface area contributed by atoms with Crippen molar-refractivity contribution >= 4 is 17.0 Å². The summed E-state index contributed by atoms with van der Waals surface area (Å²) in [6.45, 7) is -0.329. The normalized spacial score (nSPS) is 21.3. The van der Waals surface area contributed by atoms with Gasteiger partial charge in [0.25, 0.3) is 0 Å². The van der Waals surface area contributed by atoms with Gasteiger partial charge >= 0.3 is 0 Å². The van der Waals surface area contributed by atoms with Gasteiger partial charge in [-0.1, -0.05) is 54.5 Å². The highest BCUT2D eigenvalue weighted by Crippen LogP contribution is 2.32. The van der Waals surface area contributed by atoms with Crippen molar-refractivity contribution in [1.82, 2.24) is 19.5 Å². The summed E-state index contributed by atoms with van der Waals surface area (Å²) in [7, 11) is 0. The number of anilines is 1. The molecule has 1 aliphatic rings. The summed E-state index contributed by atoms with van der Waals surface area (Å²) in [5.41, 5.74) is 8.89. The SMILES string of the molecule is Nc1nc(C#CCOc2ccccc2Cc2ccccc2)nc2c1ncn2C1OC(CO)C(O)C1O. The first kappa shape index (κ1) is 23.7. The Morgan fingerprint density at radius 2 is 1.81 bits per heavy atom. The molecule has 10 heteroatoms. The highest BCUT2D eigenvalue weighted by molar-refractivity contribution is 5.82. The first-order valence-corrected chi connectivity index (χ1v) is 11.4. The number of benzene rings is 2. The van der Waals surface area contributed by atoms with E-state index in [0.29, 0.717) is 5.52 Å². The summed E-state index contributed by atoms with van der Waals surface area (Å²) < 4.78 is 12.9. The zero-order chi connectivity index (χ0) is 25.1. The number of para-hydroxylation sites is 1. The molecule has 0 saturated carbocycles. The lowest BCUT2D eigenvalue weighted by atomic mass is 10.0. The molecule has 4 atom stereocenters. The van der Waals surface area contributed by atoms with Gasteiger partial charge in [-0.3, -0.25) is 4.57 Å². The van der Waals surface area contributed by atoms with Crippen LogP contribution in [0.15, 0.2) is 60.9 Å². The summed E-state index contributed by atoms with van der Waals surface area (Å²) in [5.74, 6) is 6.77. The smallest absolute Gasteiger partial charge is 0.209 e. The lowest BCUT2D eigenvalue weighted by molar-refractivity contribution is -0.0511. The Kier molecular flexibility index (Phi) is 6.79. The average molecular weight is 488 g/mol. The second-order valence-corrected chi connectivity index (χ2v) is 8.35. The quantitative estimate of drug-likeness (QED) is 0.293. The number of aliphatic hydroxyl groups excluding tert-OH is 3. The van der Waals surface area contributed by atoms with Gasteiger partial charge in [-0.2, -0.15) is 0 Å². The zero-order valence-corrected chi connectivity index (χ0v) is 19.2. The van der Waals surface area contributed by atoms with Gasteiger partial charge < -0.3 is 30.5 Å². The number of nitrogens with zero attached hydrogens (tertiary/aromatic N) is 4. The van der Waals surface area contributed by atoms with Crippen molar-refractivity contribution in [3.8, 4) is 17.6 Å². The first-order chi connectivity index (χ1) is 17.5. The maximum absolute atomic E-state index is 10.4. The van der Waals surface area contributed by atoms with Gasteiger partial charge in [0.05, 0.1) is 12.9 Å². The molecule has 2 aromatic heterocycles. The van der Waals surface area contributed by atoms with Crippen LogP contribution in [0.5, 0.6) is 5.75 Å². The van der Waals surface area contributed by atoms with E-state index in [0.717, 1.165) is 17.7 Å². The van der Waals surface area contributed by atoms with E-state index in [-0.39, 0.29) is 23.9 Å². The Balaban J connectivity index is 1.33. The van der Waals surface area contributed by atoms with Gasteiger partial charge in [-0.15, -0.1) is 0 Å². The van der Waals surface area contributed by atoms with Crippen molar-refractivity contribution in [2.24, 2.45) is 0 Å². The Bertz CT molecular complexity index is 1410.